The molecule has 1 saturated heterocycles. The molecule has 0 bridgehead atoms. The number of nitrogens with zero attached hydrogens (tertiary/aromatic N) is 3. The zero-order chi connectivity index (χ0) is 22.0. The molecule has 1 aliphatic rings. The number of carbonyl (C=O) groups is 1. The first kappa shape index (κ1) is 21.4. The first-order valence-corrected chi connectivity index (χ1v) is 10.4. The lowest BCUT2D eigenvalue weighted by molar-refractivity contribution is -0.137. The highest BCUT2D eigenvalue weighted by molar-refractivity contribution is 5.93. The Morgan fingerprint density at radius 1 is 1.10 bits per heavy atom. The molecule has 2 aromatic carbocycles. The van der Waals surface area contributed by atoms with Crippen LogP contribution in [0.3, 0.4) is 0 Å². The van der Waals surface area contributed by atoms with Gasteiger partial charge in [0.25, 0.3) is 0 Å². The van der Waals surface area contributed by atoms with Gasteiger partial charge in [0.1, 0.15) is 5.82 Å². The Kier molecular flexibility index (Phi) is 6.00. The van der Waals surface area contributed by atoms with Crippen molar-refractivity contribution in [3.05, 3.63) is 59.9 Å². The van der Waals surface area contributed by atoms with E-state index in [-0.39, 0.29) is 12.2 Å². The molecule has 4 rings (SSSR count). The number of hydrogen-bond acceptors (Lipinski definition) is 3. The molecule has 0 atom stereocenters. The van der Waals surface area contributed by atoms with Gasteiger partial charge in [0.2, 0.25) is 5.91 Å². The number of likely N-dealkylation sites (tertiary alicyclic amines) is 1. The van der Waals surface area contributed by atoms with Crippen LogP contribution in [0.4, 0.5) is 18.9 Å². The normalized spacial score (nSPS) is 16.0. The van der Waals surface area contributed by atoms with Crippen molar-refractivity contribution in [1.29, 1.82) is 0 Å². The Morgan fingerprint density at radius 3 is 2.52 bits per heavy atom. The minimum atomic E-state index is -4.50. The summed E-state index contributed by atoms with van der Waals surface area (Å²) < 4.78 is 41.6. The predicted molar refractivity (Wildman–Crippen MR) is 114 cm³/mol. The second-order valence-electron chi connectivity index (χ2n) is 8.07. The largest absolute Gasteiger partial charge is 0.418 e. The Labute approximate surface area is 178 Å². The van der Waals surface area contributed by atoms with E-state index in [9.17, 15) is 18.0 Å². The number of alkyl halides is 3. The number of amides is 1. The molecule has 0 saturated carbocycles. The van der Waals surface area contributed by atoms with E-state index in [4.69, 9.17) is 0 Å². The summed E-state index contributed by atoms with van der Waals surface area (Å²) in [5, 5.41) is 2.43. The Balaban J connectivity index is 1.32. The molecule has 0 radical (unpaired) electrons. The molecule has 0 unspecified atom stereocenters. The third-order valence-electron chi connectivity index (χ3n) is 5.87. The second-order valence-corrected chi connectivity index (χ2v) is 8.07. The van der Waals surface area contributed by atoms with Gasteiger partial charge in [0, 0.05) is 6.54 Å². The van der Waals surface area contributed by atoms with Gasteiger partial charge >= 0.3 is 6.18 Å². The summed E-state index contributed by atoms with van der Waals surface area (Å²) in [6.45, 7) is 4.46. The zero-order valence-electron chi connectivity index (χ0n) is 17.3. The summed E-state index contributed by atoms with van der Waals surface area (Å²) >= 11 is 0. The van der Waals surface area contributed by atoms with Gasteiger partial charge in [-0.3, -0.25) is 9.69 Å². The van der Waals surface area contributed by atoms with Crippen LogP contribution in [0.5, 0.6) is 0 Å². The Morgan fingerprint density at radius 2 is 1.77 bits per heavy atom. The highest BCUT2D eigenvalue weighted by Crippen LogP contribution is 2.34. The highest BCUT2D eigenvalue weighted by Gasteiger charge is 2.33. The van der Waals surface area contributed by atoms with Crippen LogP contribution in [0.15, 0.2) is 48.5 Å². The summed E-state index contributed by atoms with van der Waals surface area (Å²) in [7, 11) is 0. The standard InChI is InChI=1S/C23H25F3N4O/c1-16-27-20-8-4-5-9-21(20)30(16)14-17-10-12-29(13-11-17)15-22(31)28-19-7-3-2-6-18(19)23(24,25)26/h2-9,17H,10-15H2,1H3,(H,28,31). The topological polar surface area (TPSA) is 50.2 Å². The van der Waals surface area contributed by atoms with Crippen molar-refractivity contribution in [3.8, 4) is 0 Å². The summed E-state index contributed by atoms with van der Waals surface area (Å²) in [5.74, 6) is 1.04. The van der Waals surface area contributed by atoms with Gasteiger partial charge in [0.05, 0.1) is 28.8 Å². The molecule has 31 heavy (non-hydrogen) atoms. The molecule has 8 heteroatoms. The molecule has 1 N–H and O–H groups in total. The van der Waals surface area contributed by atoms with Gasteiger partial charge in [0.15, 0.2) is 0 Å². The summed E-state index contributed by atoms with van der Waals surface area (Å²) in [6, 6.07) is 13.1. The van der Waals surface area contributed by atoms with Crippen LogP contribution in [0.25, 0.3) is 11.0 Å². The number of hydrogen-bond donors (Lipinski definition) is 1. The van der Waals surface area contributed by atoms with Gasteiger partial charge < -0.3 is 9.88 Å². The van der Waals surface area contributed by atoms with E-state index in [1.54, 1.807) is 0 Å². The van der Waals surface area contributed by atoms with E-state index in [0.717, 1.165) is 55.4 Å². The van der Waals surface area contributed by atoms with Crippen LogP contribution in [-0.4, -0.2) is 40.0 Å². The third-order valence-corrected chi connectivity index (χ3v) is 5.87. The van der Waals surface area contributed by atoms with Crippen molar-refractivity contribution in [3.63, 3.8) is 0 Å². The number of fused-ring (bicyclic) bond motifs is 1. The van der Waals surface area contributed by atoms with E-state index in [2.05, 4.69) is 20.9 Å². The summed E-state index contributed by atoms with van der Waals surface area (Å²) in [5.41, 5.74) is 1.10. The van der Waals surface area contributed by atoms with Crippen LogP contribution >= 0.6 is 0 Å². The molecule has 3 aromatic rings. The minimum absolute atomic E-state index is 0.0892. The van der Waals surface area contributed by atoms with Crippen molar-refractivity contribution in [2.45, 2.75) is 32.5 Å². The number of nitrogens with one attached hydrogen (secondary N) is 1. The molecular weight excluding hydrogens is 405 g/mol. The van der Waals surface area contributed by atoms with Crippen molar-refractivity contribution in [1.82, 2.24) is 14.5 Å². The van der Waals surface area contributed by atoms with E-state index in [1.165, 1.54) is 18.2 Å². The number of imidazole rings is 1. The van der Waals surface area contributed by atoms with Crippen molar-refractivity contribution < 1.29 is 18.0 Å². The number of aromatic nitrogens is 2. The summed E-state index contributed by atoms with van der Waals surface area (Å²) in [4.78, 5) is 19.0. The fourth-order valence-corrected chi connectivity index (χ4v) is 4.24. The SMILES string of the molecule is Cc1nc2ccccc2n1CC1CCN(CC(=O)Nc2ccccc2C(F)(F)F)CC1. The van der Waals surface area contributed by atoms with Crippen molar-refractivity contribution in [2.75, 3.05) is 25.0 Å². The Hall–Kier alpha value is -2.87. The maximum absolute atomic E-state index is 13.1. The fraction of sp³-hybridized carbons (Fsp3) is 0.391. The maximum atomic E-state index is 13.1. The number of benzene rings is 2. The van der Waals surface area contributed by atoms with Gasteiger partial charge in [-0.1, -0.05) is 24.3 Å². The molecule has 1 amide bonds. The van der Waals surface area contributed by atoms with E-state index < -0.39 is 17.6 Å². The van der Waals surface area contributed by atoms with Crippen LogP contribution in [-0.2, 0) is 17.5 Å². The second kappa shape index (κ2) is 8.70. The van der Waals surface area contributed by atoms with Crippen LogP contribution in [0.2, 0.25) is 0 Å². The lowest BCUT2D eigenvalue weighted by Gasteiger charge is -2.32. The monoisotopic (exact) mass is 430 g/mol. The molecule has 1 fully saturated rings. The quantitative estimate of drug-likeness (QED) is 0.638. The molecule has 1 aromatic heterocycles. The zero-order valence-corrected chi connectivity index (χ0v) is 17.3. The Bertz CT molecular complexity index is 1070. The molecule has 0 spiro atoms. The van der Waals surface area contributed by atoms with Gasteiger partial charge in [-0.2, -0.15) is 13.2 Å². The van der Waals surface area contributed by atoms with Gasteiger partial charge in [-0.25, -0.2) is 4.98 Å². The first-order chi connectivity index (χ1) is 14.8. The molecular formula is C23H25F3N4O. The lowest BCUT2D eigenvalue weighted by Crippen LogP contribution is -2.40. The molecule has 2 heterocycles. The first-order valence-electron chi connectivity index (χ1n) is 10.4. The number of anilines is 1. The van der Waals surface area contributed by atoms with Crippen molar-refractivity contribution >= 4 is 22.6 Å². The summed E-state index contributed by atoms with van der Waals surface area (Å²) in [6.07, 6.45) is -2.64. The molecule has 1 aliphatic heterocycles. The lowest BCUT2D eigenvalue weighted by atomic mass is 9.96. The van der Waals surface area contributed by atoms with E-state index in [1.807, 2.05) is 30.0 Å². The average molecular weight is 430 g/mol. The van der Waals surface area contributed by atoms with E-state index >= 15 is 0 Å². The molecule has 0 aliphatic carbocycles. The van der Waals surface area contributed by atoms with E-state index in [0.29, 0.717) is 5.92 Å². The maximum Gasteiger partial charge on any atom is 0.418 e. The molecule has 164 valence electrons. The van der Waals surface area contributed by atoms with Crippen LogP contribution in [0.1, 0.15) is 24.2 Å². The van der Waals surface area contributed by atoms with Gasteiger partial charge in [-0.05, 0) is 63.0 Å². The van der Waals surface area contributed by atoms with Crippen LogP contribution in [0, 0.1) is 12.8 Å². The highest BCUT2D eigenvalue weighted by atomic mass is 19.4. The van der Waals surface area contributed by atoms with Crippen LogP contribution < -0.4 is 5.32 Å². The number of aryl methyl sites for hydroxylation is 1. The smallest absolute Gasteiger partial charge is 0.328 e. The predicted octanol–water partition coefficient (Wildman–Crippen LogP) is 4.71. The number of halogens is 3. The average Bonchev–Trinajstić information content (AvgIpc) is 3.04. The van der Waals surface area contributed by atoms with Crippen molar-refractivity contribution in [2.24, 2.45) is 5.92 Å². The molecule has 5 nitrogen and oxygen atoms in total. The number of para-hydroxylation sites is 3. The number of piperidine rings is 1. The third kappa shape index (κ3) is 4.90. The number of carbonyl (C=O) groups excluding carboxylic acids is 1. The van der Waals surface area contributed by atoms with Gasteiger partial charge in [-0.15, -0.1) is 0 Å². The number of rotatable bonds is 5. The minimum Gasteiger partial charge on any atom is -0.328 e. The fourth-order valence-electron chi connectivity index (χ4n) is 4.24.